The molecule has 0 saturated heterocycles. The van der Waals surface area contributed by atoms with E-state index in [-0.39, 0.29) is 5.91 Å². The lowest BCUT2D eigenvalue weighted by Crippen LogP contribution is -2.38. The number of nitrogens with zero attached hydrogens (tertiary/aromatic N) is 1. The van der Waals surface area contributed by atoms with Crippen LogP contribution in [0.1, 0.15) is 38.5 Å². The van der Waals surface area contributed by atoms with Gasteiger partial charge in [0.25, 0.3) is 0 Å². The molecular formula is C17H27N3O. The van der Waals surface area contributed by atoms with Crippen LogP contribution in [-0.2, 0) is 4.79 Å². The van der Waals surface area contributed by atoms with Crippen LogP contribution in [0.25, 0.3) is 0 Å². The summed E-state index contributed by atoms with van der Waals surface area (Å²) in [6.07, 6.45) is 7.34. The van der Waals surface area contributed by atoms with Gasteiger partial charge in [0.2, 0.25) is 5.91 Å². The number of hydrogen-bond donors (Lipinski definition) is 2. The van der Waals surface area contributed by atoms with Gasteiger partial charge in [-0.25, -0.2) is 0 Å². The van der Waals surface area contributed by atoms with Crippen molar-refractivity contribution in [1.29, 1.82) is 0 Å². The van der Waals surface area contributed by atoms with Crippen molar-refractivity contribution in [2.24, 2.45) is 0 Å². The summed E-state index contributed by atoms with van der Waals surface area (Å²) in [4.78, 5) is 14.1. The van der Waals surface area contributed by atoms with Crippen LogP contribution in [0.15, 0.2) is 24.3 Å². The van der Waals surface area contributed by atoms with Crippen molar-refractivity contribution < 1.29 is 4.79 Å². The standard InChI is InChI=1S/C17H27N3O/c1-20(2)16-12-8-7-11-15(16)18-13-17(21)19-14-9-5-3-4-6-10-14/h7-8,11-12,14,18H,3-6,9-10,13H2,1-2H3,(H,19,21). The van der Waals surface area contributed by atoms with Crippen LogP contribution in [0, 0.1) is 0 Å². The maximum Gasteiger partial charge on any atom is 0.239 e. The molecule has 2 rings (SSSR count). The Hall–Kier alpha value is -1.71. The van der Waals surface area contributed by atoms with E-state index in [9.17, 15) is 4.79 Å². The van der Waals surface area contributed by atoms with Gasteiger partial charge in [0, 0.05) is 20.1 Å². The number of para-hydroxylation sites is 2. The molecular weight excluding hydrogens is 262 g/mol. The van der Waals surface area contributed by atoms with Crippen LogP contribution >= 0.6 is 0 Å². The minimum atomic E-state index is 0.0930. The van der Waals surface area contributed by atoms with Crippen LogP contribution in [0.4, 0.5) is 11.4 Å². The smallest absolute Gasteiger partial charge is 0.239 e. The minimum absolute atomic E-state index is 0.0930. The van der Waals surface area contributed by atoms with Crippen molar-refractivity contribution in [3.8, 4) is 0 Å². The fourth-order valence-corrected chi connectivity index (χ4v) is 2.89. The third-order valence-electron chi connectivity index (χ3n) is 4.05. The molecule has 1 aromatic rings. The van der Waals surface area contributed by atoms with E-state index in [0.717, 1.165) is 24.2 Å². The van der Waals surface area contributed by atoms with Gasteiger partial charge in [0.15, 0.2) is 0 Å². The molecule has 0 bridgehead atoms. The molecule has 0 spiro atoms. The maximum absolute atomic E-state index is 12.1. The average molecular weight is 289 g/mol. The molecule has 0 atom stereocenters. The van der Waals surface area contributed by atoms with Gasteiger partial charge in [-0.1, -0.05) is 37.8 Å². The molecule has 1 aromatic carbocycles. The first-order valence-electron chi connectivity index (χ1n) is 7.96. The normalized spacial score (nSPS) is 16.1. The zero-order chi connectivity index (χ0) is 15.1. The summed E-state index contributed by atoms with van der Waals surface area (Å²) in [7, 11) is 4.01. The van der Waals surface area contributed by atoms with E-state index in [1.807, 2.05) is 43.3 Å². The molecule has 0 aliphatic heterocycles. The highest BCUT2D eigenvalue weighted by Gasteiger charge is 2.14. The topological polar surface area (TPSA) is 44.4 Å². The van der Waals surface area contributed by atoms with Crippen LogP contribution in [0.5, 0.6) is 0 Å². The fraction of sp³-hybridized carbons (Fsp3) is 0.588. The molecule has 4 heteroatoms. The molecule has 1 aliphatic rings. The minimum Gasteiger partial charge on any atom is -0.376 e. The lowest BCUT2D eigenvalue weighted by atomic mass is 10.1. The predicted octanol–water partition coefficient (Wildman–Crippen LogP) is 3.00. The molecule has 0 unspecified atom stereocenters. The Bertz CT molecular complexity index is 451. The molecule has 1 saturated carbocycles. The first-order chi connectivity index (χ1) is 10.2. The molecule has 21 heavy (non-hydrogen) atoms. The summed E-state index contributed by atoms with van der Waals surface area (Å²) in [5, 5.41) is 6.41. The highest BCUT2D eigenvalue weighted by Crippen LogP contribution is 2.23. The Morgan fingerprint density at radius 2 is 1.81 bits per heavy atom. The van der Waals surface area contributed by atoms with Gasteiger partial charge in [0.1, 0.15) is 0 Å². The first kappa shape index (κ1) is 15.7. The number of amides is 1. The number of carbonyl (C=O) groups excluding carboxylic acids is 1. The lowest BCUT2D eigenvalue weighted by Gasteiger charge is -2.20. The largest absolute Gasteiger partial charge is 0.376 e. The van der Waals surface area contributed by atoms with Crippen molar-refractivity contribution in [3.05, 3.63) is 24.3 Å². The van der Waals surface area contributed by atoms with Crippen LogP contribution in [0.2, 0.25) is 0 Å². The van der Waals surface area contributed by atoms with Gasteiger partial charge in [-0.05, 0) is 25.0 Å². The summed E-state index contributed by atoms with van der Waals surface area (Å²) in [6, 6.07) is 8.41. The third kappa shape index (κ3) is 4.96. The number of hydrogen-bond acceptors (Lipinski definition) is 3. The second-order valence-corrected chi connectivity index (χ2v) is 6.02. The zero-order valence-electron chi connectivity index (χ0n) is 13.2. The average Bonchev–Trinajstić information content (AvgIpc) is 2.74. The molecule has 0 heterocycles. The van der Waals surface area contributed by atoms with E-state index in [1.54, 1.807) is 0 Å². The Morgan fingerprint density at radius 3 is 2.48 bits per heavy atom. The summed E-state index contributed by atoms with van der Waals surface area (Å²) in [5.74, 6) is 0.0930. The van der Waals surface area contributed by atoms with Gasteiger partial charge >= 0.3 is 0 Å². The molecule has 0 aromatic heterocycles. The van der Waals surface area contributed by atoms with E-state index in [2.05, 4.69) is 10.6 Å². The molecule has 4 nitrogen and oxygen atoms in total. The van der Waals surface area contributed by atoms with E-state index in [1.165, 1.54) is 25.7 Å². The van der Waals surface area contributed by atoms with Gasteiger partial charge in [-0.3, -0.25) is 4.79 Å². The Balaban J connectivity index is 1.83. The first-order valence-corrected chi connectivity index (χ1v) is 7.96. The molecule has 1 fully saturated rings. The molecule has 116 valence electrons. The monoisotopic (exact) mass is 289 g/mol. The van der Waals surface area contributed by atoms with Crippen LogP contribution in [-0.4, -0.2) is 32.6 Å². The highest BCUT2D eigenvalue weighted by molar-refractivity contribution is 5.82. The van der Waals surface area contributed by atoms with Gasteiger partial charge in [-0.2, -0.15) is 0 Å². The second-order valence-electron chi connectivity index (χ2n) is 6.02. The number of carbonyl (C=O) groups is 1. The van der Waals surface area contributed by atoms with Crippen molar-refractivity contribution in [2.45, 2.75) is 44.6 Å². The van der Waals surface area contributed by atoms with E-state index in [4.69, 9.17) is 0 Å². The summed E-state index contributed by atoms with van der Waals surface area (Å²) in [5.41, 5.74) is 2.10. The SMILES string of the molecule is CN(C)c1ccccc1NCC(=O)NC1CCCCCC1. The fourth-order valence-electron chi connectivity index (χ4n) is 2.89. The van der Waals surface area contributed by atoms with E-state index < -0.39 is 0 Å². The van der Waals surface area contributed by atoms with Crippen LogP contribution in [0.3, 0.4) is 0 Å². The van der Waals surface area contributed by atoms with Crippen molar-refractivity contribution in [3.63, 3.8) is 0 Å². The zero-order valence-corrected chi connectivity index (χ0v) is 13.2. The van der Waals surface area contributed by atoms with Gasteiger partial charge in [0.05, 0.1) is 17.9 Å². The van der Waals surface area contributed by atoms with Crippen molar-refractivity contribution >= 4 is 17.3 Å². The summed E-state index contributed by atoms with van der Waals surface area (Å²) >= 11 is 0. The quantitative estimate of drug-likeness (QED) is 0.819. The number of anilines is 2. The molecule has 1 aliphatic carbocycles. The van der Waals surface area contributed by atoms with E-state index >= 15 is 0 Å². The van der Waals surface area contributed by atoms with Crippen molar-refractivity contribution in [1.82, 2.24) is 5.32 Å². The Kier molecular flexibility index (Phi) is 5.90. The van der Waals surface area contributed by atoms with Crippen molar-refractivity contribution in [2.75, 3.05) is 30.9 Å². The van der Waals surface area contributed by atoms with E-state index in [0.29, 0.717) is 12.6 Å². The second kappa shape index (κ2) is 7.91. The van der Waals surface area contributed by atoms with Crippen LogP contribution < -0.4 is 15.5 Å². The predicted molar refractivity (Wildman–Crippen MR) is 88.9 cm³/mol. The maximum atomic E-state index is 12.1. The highest BCUT2D eigenvalue weighted by atomic mass is 16.1. The number of nitrogens with one attached hydrogen (secondary N) is 2. The van der Waals surface area contributed by atoms with Gasteiger partial charge in [-0.15, -0.1) is 0 Å². The summed E-state index contributed by atoms with van der Waals surface area (Å²) < 4.78 is 0. The summed E-state index contributed by atoms with van der Waals surface area (Å²) in [6.45, 7) is 0.335. The molecule has 2 N–H and O–H groups in total. The van der Waals surface area contributed by atoms with Gasteiger partial charge < -0.3 is 15.5 Å². The Labute approximate surface area is 127 Å². The lowest BCUT2D eigenvalue weighted by molar-refractivity contribution is -0.120. The molecule has 1 amide bonds. The number of benzene rings is 1. The molecule has 0 radical (unpaired) electrons. The number of rotatable bonds is 5. The third-order valence-corrected chi connectivity index (χ3v) is 4.05. The Morgan fingerprint density at radius 1 is 1.14 bits per heavy atom.